The topological polar surface area (TPSA) is 92.4 Å². The Morgan fingerprint density at radius 1 is 1.32 bits per heavy atom. The third-order valence-electron chi connectivity index (χ3n) is 3.67. The van der Waals surface area contributed by atoms with Crippen molar-refractivity contribution in [3.05, 3.63) is 16.0 Å². The number of carbonyl (C=O) groups excluding carboxylic acids is 2. The number of rotatable bonds is 3. The summed E-state index contributed by atoms with van der Waals surface area (Å²) in [4.78, 5) is 24.4. The van der Waals surface area contributed by atoms with E-state index in [1.807, 2.05) is 0 Å². The van der Waals surface area contributed by atoms with Crippen LogP contribution in [0.3, 0.4) is 0 Å². The Morgan fingerprint density at radius 2 is 2.05 bits per heavy atom. The molecule has 1 heterocycles. The predicted octanol–water partition coefficient (Wildman–Crippen LogP) is 1.05. The van der Waals surface area contributed by atoms with Gasteiger partial charge in [0.25, 0.3) is 5.91 Å². The number of nitrogens with two attached hydrogens (primary N) is 1. The van der Waals surface area contributed by atoms with Crippen LogP contribution in [0.15, 0.2) is 0 Å². The molecular weight excluding hydrogens is 264 g/mol. The molecule has 102 valence electrons. The molecule has 1 aromatic rings. The van der Waals surface area contributed by atoms with Gasteiger partial charge >= 0.3 is 0 Å². The van der Waals surface area contributed by atoms with Gasteiger partial charge in [-0.2, -0.15) is 0 Å². The molecule has 1 fully saturated rings. The summed E-state index contributed by atoms with van der Waals surface area (Å²) in [6.07, 6.45) is 3.30. The second-order valence-electron chi connectivity index (χ2n) is 5.23. The van der Waals surface area contributed by atoms with Gasteiger partial charge in [-0.25, -0.2) is 0 Å². The molecule has 2 aliphatic rings. The minimum absolute atomic E-state index is 0.0263. The lowest BCUT2D eigenvalue weighted by atomic mass is 9.93. The van der Waals surface area contributed by atoms with Gasteiger partial charge < -0.3 is 16.2 Å². The van der Waals surface area contributed by atoms with Crippen LogP contribution in [0.25, 0.3) is 0 Å². The number of hydrogen-bond donors (Lipinski definition) is 3. The first-order valence-electron chi connectivity index (χ1n) is 6.49. The van der Waals surface area contributed by atoms with E-state index in [0.717, 1.165) is 23.3 Å². The number of amides is 2. The van der Waals surface area contributed by atoms with Gasteiger partial charge in [0.15, 0.2) is 0 Å². The Hall–Kier alpha value is -1.40. The SMILES string of the molecule is NC(=O)c1c(NC(=O)C2CC2)sc2c1CCC(O)C2. The highest BCUT2D eigenvalue weighted by Crippen LogP contribution is 2.39. The zero-order chi connectivity index (χ0) is 13.6. The molecule has 0 radical (unpaired) electrons. The summed E-state index contributed by atoms with van der Waals surface area (Å²) in [5, 5.41) is 13.1. The van der Waals surface area contributed by atoms with Crippen LogP contribution in [0.5, 0.6) is 0 Å². The number of fused-ring (bicyclic) bond motifs is 1. The molecule has 5 nitrogen and oxygen atoms in total. The summed E-state index contributed by atoms with van der Waals surface area (Å²) in [5.41, 5.74) is 6.80. The summed E-state index contributed by atoms with van der Waals surface area (Å²) in [5.74, 6) is -0.438. The lowest BCUT2D eigenvalue weighted by molar-refractivity contribution is -0.117. The normalized spacial score (nSPS) is 21.8. The first kappa shape index (κ1) is 12.6. The maximum atomic E-state index is 11.8. The zero-order valence-corrected chi connectivity index (χ0v) is 11.3. The zero-order valence-electron chi connectivity index (χ0n) is 10.4. The third kappa shape index (κ3) is 2.37. The van der Waals surface area contributed by atoms with Gasteiger partial charge in [0.2, 0.25) is 5.91 Å². The number of thiophene rings is 1. The first-order valence-corrected chi connectivity index (χ1v) is 7.31. The molecule has 0 spiro atoms. The third-order valence-corrected chi connectivity index (χ3v) is 4.84. The molecule has 19 heavy (non-hydrogen) atoms. The van der Waals surface area contributed by atoms with Gasteiger partial charge in [0, 0.05) is 17.2 Å². The number of primary amides is 1. The summed E-state index contributed by atoms with van der Waals surface area (Å²) in [7, 11) is 0. The van der Waals surface area contributed by atoms with Crippen molar-refractivity contribution in [3.8, 4) is 0 Å². The van der Waals surface area contributed by atoms with Crippen molar-refractivity contribution in [2.75, 3.05) is 5.32 Å². The van der Waals surface area contributed by atoms with Gasteiger partial charge in [-0.3, -0.25) is 9.59 Å². The summed E-state index contributed by atoms with van der Waals surface area (Å²) < 4.78 is 0. The molecule has 2 aliphatic carbocycles. The molecule has 1 aromatic heterocycles. The fourth-order valence-corrected chi connectivity index (χ4v) is 3.80. The first-order chi connectivity index (χ1) is 9.06. The number of aliphatic hydroxyl groups is 1. The lowest BCUT2D eigenvalue weighted by Gasteiger charge is -2.17. The average Bonchev–Trinajstić information content (AvgIpc) is 3.11. The van der Waals surface area contributed by atoms with Crippen molar-refractivity contribution in [1.82, 2.24) is 0 Å². The number of anilines is 1. The van der Waals surface area contributed by atoms with Crippen LogP contribution in [-0.4, -0.2) is 23.0 Å². The Morgan fingerprint density at radius 3 is 2.68 bits per heavy atom. The second-order valence-corrected chi connectivity index (χ2v) is 6.34. The van der Waals surface area contributed by atoms with Crippen molar-refractivity contribution in [3.63, 3.8) is 0 Å². The van der Waals surface area contributed by atoms with Gasteiger partial charge in [-0.05, 0) is 31.2 Å². The summed E-state index contributed by atoms with van der Waals surface area (Å²) in [6, 6.07) is 0. The molecular formula is C13H16N2O3S. The van der Waals surface area contributed by atoms with Crippen molar-refractivity contribution >= 4 is 28.2 Å². The molecule has 0 bridgehead atoms. The van der Waals surface area contributed by atoms with E-state index in [1.165, 1.54) is 11.3 Å². The predicted molar refractivity (Wildman–Crippen MR) is 72.2 cm³/mol. The van der Waals surface area contributed by atoms with E-state index in [-0.39, 0.29) is 17.9 Å². The second kappa shape index (κ2) is 4.61. The highest BCUT2D eigenvalue weighted by atomic mass is 32.1. The molecule has 1 atom stereocenters. The van der Waals surface area contributed by atoms with Gasteiger partial charge in [0.05, 0.1) is 11.7 Å². The van der Waals surface area contributed by atoms with Gasteiger partial charge in [-0.1, -0.05) is 0 Å². The molecule has 1 saturated carbocycles. The van der Waals surface area contributed by atoms with E-state index in [4.69, 9.17) is 5.73 Å². The van der Waals surface area contributed by atoms with Crippen LogP contribution in [0, 0.1) is 5.92 Å². The van der Waals surface area contributed by atoms with Gasteiger partial charge in [0.1, 0.15) is 5.00 Å². The van der Waals surface area contributed by atoms with Crippen LogP contribution < -0.4 is 11.1 Å². The van der Waals surface area contributed by atoms with Crippen LogP contribution in [0.2, 0.25) is 0 Å². The highest BCUT2D eigenvalue weighted by Gasteiger charge is 2.32. The fourth-order valence-electron chi connectivity index (χ4n) is 2.48. The Labute approximate surface area is 114 Å². The van der Waals surface area contributed by atoms with E-state index in [2.05, 4.69) is 5.32 Å². The number of nitrogens with one attached hydrogen (secondary N) is 1. The Balaban J connectivity index is 1.93. The average molecular weight is 280 g/mol. The monoisotopic (exact) mass is 280 g/mol. The summed E-state index contributed by atoms with van der Waals surface area (Å²) >= 11 is 1.37. The molecule has 0 aliphatic heterocycles. The van der Waals surface area contributed by atoms with Crippen molar-refractivity contribution in [2.24, 2.45) is 11.7 Å². The van der Waals surface area contributed by atoms with Crippen LogP contribution in [-0.2, 0) is 17.6 Å². The van der Waals surface area contributed by atoms with Gasteiger partial charge in [-0.15, -0.1) is 11.3 Å². The highest BCUT2D eigenvalue weighted by molar-refractivity contribution is 7.17. The molecule has 1 unspecified atom stereocenters. The van der Waals surface area contributed by atoms with Crippen LogP contribution >= 0.6 is 11.3 Å². The minimum atomic E-state index is -0.500. The lowest BCUT2D eigenvalue weighted by Crippen LogP contribution is -2.21. The maximum Gasteiger partial charge on any atom is 0.251 e. The fraction of sp³-hybridized carbons (Fsp3) is 0.538. The van der Waals surface area contributed by atoms with E-state index in [9.17, 15) is 14.7 Å². The van der Waals surface area contributed by atoms with E-state index >= 15 is 0 Å². The summed E-state index contributed by atoms with van der Waals surface area (Å²) in [6.45, 7) is 0. The molecule has 0 aromatic carbocycles. The largest absolute Gasteiger partial charge is 0.393 e. The molecule has 3 rings (SSSR count). The number of carbonyl (C=O) groups is 2. The molecule has 4 N–H and O–H groups in total. The number of hydrogen-bond acceptors (Lipinski definition) is 4. The Kier molecular flexibility index (Phi) is 3.06. The van der Waals surface area contributed by atoms with Crippen molar-refractivity contribution in [2.45, 2.75) is 38.2 Å². The van der Waals surface area contributed by atoms with E-state index in [1.54, 1.807) is 0 Å². The quantitative estimate of drug-likeness (QED) is 0.772. The Bertz CT molecular complexity index is 548. The smallest absolute Gasteiger partial charge is 0.251 e. The molecule has 0 saturated heterocycles. The maximum absolute atomic E-state index is 11.8. The van der Waals surface area contributed by atoms with Crippen molar-refractivity contribution in [1.29, 1.82) is 0 Å². The molecule has 2 amide bonds. The van der Waals surface area contributed by atoms with Crippen LogP contribution in [0.4, 0.5) is 5.00 Å². The molecule has 6 heteroatoms. The minimum Gasteiger partial charge on any atom is -0.393 e. The van der Waals surface area contributed by atoms with Crippen LogP contribution in [0.1, 0.15) is 40.1 Å². The van der Waals surface area contributed by atoms with E-state index in [0.29, 0.717) is 29.8 Å². The standard InChI is InChI=1S/C13H16N2O3S/c14-11(17)10-8-4-3-7(16)5-9(8)19-13(10)15-12(18)6-1-2-6/h6-7,16H,1-5H2,(H2,14,17)(H,15,18). The number of aliphatic hydroxyl groups excluding tert-OH is 1. The van der Waals surface area contributed by atoms with E-state index < -0.39 is 5.91 Å². The van der Waals surface area contributed by atoms with Crippen molar-refractivity contribution < 1.29 is 14.7 Å².